The molecule has 0 atom stereocenters. The lowest BCUT2D eigenvalue weighted by Crippen LogP contribution is -2.26. The Kier molecular flexibility index (Phi) is 5.37. The molecule has 3 aromatic rings. The number of rotatable bonds is 1. The van der Waals surface area contributed by atoms with Crippen LogP contribution in [-0.2, 0) is 4.74 Å². The van der Waals surface area contributed by atoms with Gasteiger partial charge >= 0.3 is 6.09 Å². The summed E-state index contributed by atoms with van der Waals surface area (Å²) < 4.78 is 12.9. The predicted molar refractivity (Wildman–Crippen MR) is 111 cm³/mol. The van der Waals surface area contributed by atoms with Gasteiger partial charge in [0.05, 0.1) is 7.11 Å². The van der Waals surface area contributed by atoms with E-state index in [4.69, 9.17) is 9.47 Å². The number of carbonyl (C=O) groups is 1. The van der Waals surface area contributed by atoms with E-state index in [-0.39, 0.29) is 0 Å². The summed E-state index contributed by atoms with van der Waals surface area (Å²) in [6.07, 6.45) is 4.56. The first-order valence-electron chi connectivity index (χ1n) is 8.19. The Bertz CT molecular complexity index is 1070. The zero-order chi connectivity index (χ0) is 19.6. The maximum atomic E-state index is 12.4. The van der Waals surface area contributed by atoms with Gasteiger partial charge in [0.1, 0.15) is 5.60 Å². The van der Waals surface area contributed by atoms with E-state index in [9.17, 15) is 4.79 Å². The summed E-state index contributed by atoms with van der Waals surface area (Å²) >= 11 is 2.17. The van der Waals surface area contributed by atoms with E-state index in [0.717, 1.165) is 20.1 Å². The first kappa shape index (κ1) is 19.2. The summed E-state index contributed by atoms with van der Waals surface area (Å²) in [5, 5.41) is 0.848. The van der Waals surface area contributed by atoms with Crippen LogP contribution in [0.1, 0.15) is 31.9 Å². The molecule has 3 heterocycles. The second kappa shape index (κ2) is 7.56. The minimum Gasteiger partial charge on any atom is -0.481 e. The molecule has 3 rings (SSSR count). The van der Waals surface area contributed by atoms with Gasteiger partial charge in [-0.05, 0) is 55.5 Å². The molecule has 7 heteroatoms. The minimum atomic E-state index is -0.573. The summed E-state index contributed by atoms with van der Waals surface area (Å²) in [5.74, 6) is 6.67. The Balaban J connectivity index is 1.94. The highest BCUT2D eigenvalue weighted by molar-refractivity contribution is 14.1. The van der Waals surface area contributed by atoms with Gasteiger partial charge in [-0.2, -0.15) is 0 Å². The Morgan fingerprint density at radius 3 is 2.63 bits per heavy atom. The lowest BCUT2D eigenvalue weighted by Gasteiger charge is -2.19. The molecule has 0 aliphatic heterocycles. The van der Waals surface area contributed by atoms with Crippen LogP contribution in [0.5, 0.6) is 5.88 Å². The molecule has 3 aromatic heterocycles. The van der Waals surface area contributed by atoms with Crippen molar-refractivity contribution >= 4 is 39.7 Å². The van der Waals surface area contributed by atoms with Gasteiger partial charge in [0.2, 0.25) is 5.88 Å². The number of fused-ring (bicyclic) bond motifs is 1. The number of ether oxygens (including phenoxy) is 2. The molecule has 138 valence electrons. The van der Waals surface area contributed by atoms with Crippen LogP contribution < -0.4 is 4.74 Å². The number of hydrogen-bond acceptors (Lipinski definition) is 5. The molecule has 0 fully saturated rings. The van der Waals surface area contributed by atoms with Gasteiger partial charge in [-0.3, -0.25) is 0 Å². The Morgan fingerprint density at radius 1 is 1.19 bits per heavy atom. The van der Waals surface area contributed by atoms with E-state index in [1.807, 2.05) is 32.9 Å². The van der Waals surface area contributed by atoms with Crippen molar-refractivity contribution in [2.24, 2.45) is 0 Å². The molecule has 0 aliphatic rings. The van der Waals surface area contributed by atoms with Crippen LogP contribution in [0.3, 0.4) is 0 Å². The monoisotopic (exact) mass is 475 g/mol. The molecule has 0 spiro atoms. The zero-order valence-electron chi connectivity index (χ0n) is 15.4. The van der Waals surface area contributed by atoms with Gasteiger partial charge in [0, 0.05) is 44.7 Å². The Labute approximate surface area is 171 Å². The molecule has 0 unspecified atom stereocenters. The lowest BCUT2D eigenvalue weighted by atomic mass is 10.2. The van der Waals surface area contributed by atoms with Crippen LogP contribution in [0.2, 0.25) is 0 Å². The average molecular weight is 475 g/mol. The molecule has 0 aromatic carbocycles. The SMILES string of the molecule is COc1cc(C#Cc2cnc3c(c2)c(I)cn3C(=O)OC(C)(C)C)ccn1. The quantitative estimate of drug-likeness (QED) is 0.390. The molecule has 0 N–H and O–H groups in total. The molecule has 0 saturated heterocycles. The van der Waals surface area contributed by atoms with E-state index >= 15 is 0 Å². The molecular formula is C20H18IN3O3. The summed E-state index contributed by atoms with van der Waals surface area (Å²) in [6, 6.07) is 5.49. The Morgan fingerprint density at radius 2 is 1.93 bits per heavy atom. The fourth-order valence-electron chi connectivity index (χ4n) is 2.33. The highest BCUT2D eigenvalue weighted by atomic mass is 127. The summed E-state index contributed by atoms with van der Waals surface area (Å²) in [7, 11) is 1.56. The van der Waals surface area contributed by atoms with Crippen LogP contribution in [0.15, 0.2) is 36.8 Å². The van der Waals surface area contributed by atoms with Gasteiger partial charge in [0.25, 0.3) is 0 Å². The molecule has 6 nitrogen and oxygen atoms in total. The topological polar surface area (TPSA) is 66.2 Å². The highest BCUT2D eigenvalue weighted by Crippen LogP contribution is 2.23. The number of hydrogen-bond donors (Lipinski definition) is 0. The van der Waals surface area contributed by atoms with Crippen molar-refractivity contribution in [2.45, 2.75) is 26.4 Å². The number of pyridine rings is 2. The number of carbonyl (C=O) groups excluding carboxylic acids is 1. The van der Waals surface area contributed by atoms with Crippen LogP contribution in [-0.4, -0.2) is 33.3 Å². The van der Waals surface area contributed by atoms with Gasteiger partial charge < -0.3 is 9.47 Å². The standard InChI is InChI=1S/C20H18IN3O3/c1-20(2,3)27-19(25)24-12-16(21)15-9-14(11-23-18(15)24)6-5-13-7-8-22-17(10-13)26-4/h7-12H,1-4H3. The number of aromatic nitrogens is 3. The van der Waals surface area contributed by atoms with Crippen molar-refractivity contribution in [3.63, 3.8) is 0 Å². The smallest absolute Gasteiger partial charge is 0.420 e. The number of methoxy groups -OCH3 is 1. The fourth-order valence-corrected chi connectivity index (χ4v) is 3.01. The van der Waals surface area contributed by atoms with Crippen molar-refractivity contribution in [2.75, 3.05) is 7.11 Å². The van der Waals surface area contributed by atoms with Crippen LogP contribution in [0.25, 0.3) is 11.0 Å². The summed E-state index contributed by atoms with van der Waals surface area (Å²) in [4.78, 5) is 20.9. The Hall–Kier alpha value is -2.60. The number of halogens is 1. The average Bonchev–Trinajstić information content (AvgIpc) is 2.95. The summed E-state index contributed by atoms with van der Waals surface area (Å²) in [5.41, 5.74) is 1.52. The van der Waals surface area contributed by atoms with Gasteiger partial charge in [0.15, 0.2) is 5.65 Å². The highest BCUT2D eigenvalue weighted by Gasteiger charge is 2.21. The van der Waals surface area contributed by atoms with E-state index in [2.05, 4.69) is 44.4 Å². The summed E-state index contributed by atoms with van der Waals surface area (Å²) in [6.45, 7) is 5.49. The van der Waals surface area contributed by atoms with Crippen LogP contribution >= 0.6 is 22.6 Å². The van der Waals surface area contributed by atoms with Crippen molar-refractivity contribution in [1.82, 2.24) is 14.5 Å². The second-order valence-corrected chi connectivity index (χ2v) is 7.92. The number of nitrogens with zero attached hydrogens (tertiary/aromatic N) is 3. The van der Waals surface area contributed by atoms with E-state index in [1.54, 1.807) is 31.8 Å². The van der Waals surface area contributed by atoms with Crippen molar-refractivity contribution in [1.29, 1.82) is 0 Å². The molecule has 0 amide bonds. The van der Waals surface area contributed by atoms with Crippen LogP contribution in [0.4, 0.5) is 4.79 Å². The van der Waals surface area contributed by atoms with E-state index in [1.165, 1.54) is 4.57 Å². The third-order valence-corrected chi connectivity index (χ3v) is 4.34. The maximum absolute atomic E-state index is 12.4. The fraction of sp³-hybridized carbons (Fsp3) is 0.250. The van der Waals surface area contributed by atoms with E-state index < -0.39 is 11.7 Å². The molecule has 0 bridgehead atoms. The van der Waals surface area contributed by atoms with Gasteiger partial charge in [-0.25, -0.2) is 19.3 Å². The van der Waals surface area contributed by atoms with Gasteiger partial charge in [-0.15, -0.1) is 0 Å². The van der Waals surface area contributed by atoms with E-state index in [0.29, 0.717) is 11.5 Å². The molecular weight excluding hydrogens is 457 g/mol. The van der Waals surface area contributed by atoms with Gasteiger partial charge in [-0.1, -0.05) is 11.8 Å². The predicted octanol–water partition coefficient (Wildman–Crippen LogP) is 4.23. The second-order valence-electron chi connectivity index (χ2n) is 6.76. The largest absolute Gasteiger partial charge is 0.481 e. The lowest BCUT2D eigenvalue weighted by molar-refractivity contribution is 0.0543. The van der Waals surface area contributed by atoms with Crippen molar-refractivity contribution < 1.29 is 14.3 Å². The first-order valence-corrected chi connectivity index (χ1v) is 9.27. The zero-order valence-corrected chi connectivity index (χ0v) is 17.6. The van der Waals surface area contributed by atoms with Crippen molar-refractivity contribution in [3.05, 3.63) is 51.5 Å². The maximum Gasteiger partial charge on any atom is 0.420 e. The minimum absolute atomic E-state index is 0.453. The third-order valence-electron chi connectivity index (χ3n) is 3.48. The normalized spacial score (nSPS) is 11.0. The first-order chi connectivity index (χ1) is 12.8. The molecule has 27 heavy (non-hydrogen) atoms. The van der Waals surface area contributed by atoms with Crippen molar-refractivity contribution in [3.8, 4) is 17.7 Å². The van der Waals surface area contributed by atoms with Crippen LogP contribution in [0, 0.1) is 15.4 Å². The molecule has 0 saturated carbocycles. The molecule has 0 radical (unpaired) electrons. The molecule has 0 aliphatic carbocycles. The third kappa shape index (κ3) is 4.57.